The highest BCUT2D eigenvalue weighted by Gasteiger charge is 2.22. The van der Waals surface area contributed by atoms with Crippen LogP contribution in [0.4, 0.5) is 0 Å². The number of hydrogen-bond acceptors (Lipinski definition) is 4. The van der Waals surface area contributed by atoms with E-state index in [2.05, 4.69) is 78.9 Å². The molecule has 0 amide bonds. The van der Waals surface area contributed by atoms with Crippen LogP contribution in [0.5, 0.6) is 0 Å². The third kappa shape index (κ3) is 3.36. The number of hydrogen-bond donors (Lipinski definition) is 0. The van der Waals surface area contributed by atoms with Gasteiger partial charge >= 0.3 is 0 Å². The summed E-state index contributed by atoms with van der Waals surface area (Å²) in [6.45, 7) is 0. The van der Waals surface area contributed by atoms with Crippen LogP contribution < -0.4 is 0 Å². The molecule has 0 radical (unpaired) electrons. The lowest BCUT2D eigenvalue weighted by atomic mass is 9.95. The van der Waals surface area contributed by atoms with Gasteiger partial charge in [0.1, 0.15) is 28.0 Å². The van der Waals surface area contributed by atoms with Crippen LogP contribution in [0.15, 0.2) is 142 Å². The van der Waals surface area contributed by atoms with E-state index in [0.717, 1.165) is 71.8 Å². The molecule has 0 aliphatic heterocycles. The lowest BCUT2D eigenvalue weighted by Gasteiger charge is -2.08. The Kier molecular flexibility index (Phi) is 4.87. The van der Waals surface area contributed by atoms with E-state index in [-0.39, 0.29) is 0 Å². The average Bonchev–Trinajstić information content (AvgIpc) is 3.62. The summed E-state index contributed by atoms with van der Waals surface area (Å²) in [4.78, 5) is 10.2. The van der Waals surface area contributed by atoms with E-state index in [4.69, 9.17) is 18.8 Å². The highest BCUT2D eigenvalue weighted by Crippen LogP contribution is 2.44. The molecule has 4 nitrogen and oxygen atoms in total. The van der Waals surface area contributed by atoms with Crippen molar-refractivity contribution in [3.63, 3.8) is 0 Å². The molecule has 0 unspecified atom stereocenters. The Morgan fingerprint density at radius 2 is 1.14 bits per heavy atom. The third-order valence-electron chi connectivity index (χ3n) is 8.08. The van der Waals surface area contributed by atoms with Gasteiger partial charge < -0.3 is 8.83 Å². The van der Waals surface area contributed by atoms with Crippen LogP contribution in [-0.2, 0) is 0 Å². The molecule has 3 aromatic heterocycles. The van der Waals surface area contributed by atoms with Crippen LogP contribution in [-0.4, -0.2) is 9.97 Å². The molecule has 9 aromatic rings. The normalized spacial score (nSPS) is 11.8. The predicted molar refractivity (Wildman–Crippen MR) is 170 cm³/mol. The monoisotopic (exact) mass is 538 g/mol. The van der Waals surface area contributed by atoms with Crippen molar-refractivity contribution in [2.45, 2.75) is 0 Å². The summed E-state index contributed by atoms with van der Waals surface area (Å²) < 4.78 is 13.2. The first kappa shape index (κ1) is 23.0. The highest BCUT2D eigenvalue weighted by atomic mass is 16.3. The molecule has 4 heteroatoms. The topological polar surface area (TPSA) is 52.1 Å². The van der Waals surface area contributed by atoms with E-state index in [0.29, 0.717) is 11.4 Å². The van der Waals surface area contributed by atoms with Gasteiger partial charge in [0.25, 0.3) is 0 Å². The van der Waals surface area contributed by atoms with Gasteiger partial charge in [-0.15, -0.1) is 0 Å². The van der Waals surface area contributed by atoms with Gasteiger partial charge in [-0.25, -0.2) is 9.97 Å². The summed E-state index contributed by atoms with van der Waals surface area (Å²) in [5.74, 6) is 0.600. The van der Waals surface area contributed by atoms with Crippen molar-refractivity contribution < 1.29 is 8.83 Å². The molecule has 42 heavy (non-hydrogen) atoms. The minimum absolute atomic E-state index is 0.600. The van der Waals surface area contributed by atoms with Crippen LogP contribution in [0.3, 0.4) is 0 Å². The molecule has 0 saturated carbocycles. The molecule has 9 rings (SSSR count). The van der Waals surface area contributed by atoms with Crippen molar-refractivity contribution in [3.05, 3.63) is 133 Å². The molecular weight excluding hydrogens is 516 g/mol. The predicted octanol–water partition coefficient (Wildman–Crippen LogP) is 10.4. The van der Waals surface area contributed by atoms with E-state index in [1.165, 1.54) is 5.39 Å². The molecule has 0 aliphatic rings. The number of para-hydroxylation sites is 2. The molecule has 0 bridgehead atoms. The van der Waals surface area contributed by atoms with Gasteiger partial charge in [-0.1, -0.05) is 109 Å². The molecule has 6 aromatic carbocycles. The Balaban J connectivity index is 1.39. The highest BCUT2D eigenvalue weighted by molar-refractivity contribution is 6.20. The van der Waals surface area contributed by atoms with Gasteiger partial charge in [-0.2, -0.15) is 0 Å². The van der Waals surface area contributed by atoms with Crippen LogP contribution in [0, 0.1) is 0 Å². The fourth-order valence-corrected chi connectivity index (χ4v) is 6.17. The smallest absolute Gasteiger partial charge is 0.180 e. The van der Waals surface area contributed by atoms with Crippen LogP contribution in [0.1, 0.15) is 0 Å². The summed E-state index contributed by atoms with van der Waals surface area (Å²) in [7, 11) is 0. The quantitative estimate of drug-likeness (QED) is 0.224. The van der Waals surface area contributed by atoms with Gasteiger partial charge in [-0.3, -0.25) is 0 Å². The van der Waals surface area contributed by atoms with Gasteiger partial charge in [0.2, 0.25) is 0 Å². The minimum atomic E-state index is 0.600. The summed E-state index contributed by atoms with van der Waals surface area (Å²) in [5.41, 5.74) is 8.68. The number of nitrogens with zero attached hydrogens (tertiary/aromatic N) is 2. The van der Waals surface area contributed by atoms with Crippen LogP contribution >= 0.6 is 0 Å². The second-order valence-corrected chi connectivity index (χ2v) is 10.5. The Morgan fingerprint density at radius 1 is 0.452 bits per heavy atom. The fraction of sp³-hybridized carbons (Fsp3) is 0. The molecule has 0 N–H and O–H groups in total. The van der Waals surface area contributed by atoms with Crippen molar-refractivity contribution in [2.24, 2.45) is 0 Å². The van der Waals surface area contributed by atoms with Gasteiger partial charge in [0, 0.05) is 27.3 Å². The summed E-state index contributed by atoms with van der Waals surface area (Å²) in [6.07, 6.45) is 0. The maximum atomic E-state index is 6.85. The summed E-state index contributed by atoms with van der Waals surface area (Å²) in [6, 6.07) is 45.6. The molecule has 0 spiro atoms. The number of furan rings is 2. The van der Waals surface area contributed by atoms with Crippen molar-refractivity contribution in [2.75, 3.05) is 0 Å². The lowest BCUT2D eigenvalue weighted by Crippen LogP contribution is -1.94. The van der Waals surface area contributed by atoms with Crippen LogP contribution in [0.25, 0.3) is 88.6 Å². The zero-order valence-electron chi connectivity index (χ0n) is 22.4. The minimum Gasteiger partial charge on any atom is -0.455 e. The van der Waals surface area contributed by atoms with Gasteiger partial charge in [0.05, 0.1) is 5.56 Å². The molecule has 0 aliphatic carbocycles. The first-order valence-electron chi connectivity index (χ1n) is 14.0. The Morgan fingerprint density at radius 3 is 1.98 bits per heavy atom. The summed E-state index contributed by atoms with van der Waals surface area (Å²) >= 11 is 0. The lowest BCUT2D eigenvalue weighted by molar-refractivity contribution is 0.666. The SMILES string of the molecule is c1ccc(-c2c3ccccc3cc3c2oc2c(-c4nc(-c5ccccc5)c5oc6ccccc6c5n4)cccc23)cc1. The molecular formula is C38H22N2O2. The standard InChI is InChI=1S/C38H22N2O2/c1-3-12-23(13-4-1)32-26-17-8-7-16-25(26)22-30-27-19-11-20-29(35(27)42-36(30)32)38-39-33(24-14-5-2-6-15-24)37-34(40-38)28-18-9-10-21-31(28)41-37/h1-22H. The van der Waals surface area contributed by atoms with E-state index in [1.807, 2.05) is 54.6 Å². The number of rotatable bonds is 3. The zero-order valence-corrected chi connectivity index (χ0v) is 22.4. The fourth-order valence-electron chi connectivity index (χ4n) is 6.17. The van der Waals surface area contributed by atoms with E-state index in [9.17, 15) is 0 Å². The second kappa shape index (κ2) is 8.88. The Bertz CT molecular complexity index is 2460. The zero-order chi connectivity index (χ0) is 27.6. The maximum Gasteiger partial charge on any atom is 0.180 e. The molecule has 0 fully saturated rings. The van der Waals surface area contributed by atoms with Crippen molar-refractivity contribution in [3.8, 4) is 33.8 Å². The van der Waals surface area contributed by atoms with Crippen LogP contribution in [0.2, 0.25) is 0 Å². The Labute approximate surface area is 240 Å². The first-order chi connectivity index (χ1) is 20.8. The second-order valence-electron chi connectivity index (χ2n) is 10.5. The first-order valence-corrected chi connectivity index (χ1v) is 14.0. The molecule has 0 saturated heterocycles. The average molecular weight is 539 g/mol. The maximum absolute atomic E-state index is 6.85. The third-order valence-corrected chi connectivity index (χ3v) is 8.08. The van der Waals surface area contributed by atoms with Crippen molar-refractivity contribution in [1.82, 2.24) is 9.97 Å². The van der Waals surface area contributed by atoms with E-state index < -0.39 is 0 Å². The number of benzene rings is 6. The number of aromatic nitrogens is 2. The number of fused-ring (bicyclic) bond motifs is 7. The summed E-state index contributed by atoms with van der Waals surface area (Å²) in [5, 5.41) is 5.40. The molecule has 3 heterocycles. The van der Waals surface area contributed by atoms with Gasteiger partial charge in [-0.05, 0) is 40.6 Å². The largest absolute Gasteiger partial charge is 0.455 e. The molecule has 0 atom stereocenters. The molecule has 196 valence electrons. The van der Waals surface area contributed by atoms with Gasteiger partial charge in [0.15, 0.2) is 11.4 Å². The van der Waals surface area contributed by atoms with Crippen molar-refractivity contribution >= 4 is 54.8 Å². The van der Waals surface area contributed by atoms with E-state index >= 15 is 0 Å². The van der Waals surface area contributed by atoms with E-state index in [1.54, 1.807) is 0 Å². The van der Waals surface area contributed by atoms with Crippen molar-refractivity contribution in [1.29, 1.82) is 0 Å². The Hall–Kier alpha value is -5.74.